The smallest absolute Gasteiger partial charge is 0.166 e. The molecule has 0 saturated heterocycles. The van der Waals surface area contributed by atoms with Crippen molar-refractivity contribution < 1.29 is 0 Å². The summed E-state index contributed by atoms with van der Waals surface area (Å²) in [6.45, 7) is 0. The van der Waals surface area contributed by atoms with Gasteiger partial charge in [0.15, 0.2) is 5.82 Å². The molecule has 5 heteroatoms. The highest BCUT2D eigenvalue weighted by Gasteiger charge is 1.86. The summed E-state index contributed by atoms with van der Waals surface area (Å²) in [6, 6.07) is 0. The zero-order chi connectivity index (χ0) is 5.28. The Hall–Kier alpha value is -0.330. The van der Waals surface area contributed by atoms with Gasteiger partial charge >= 0.3 is 0 Å². The first-order valence-electron chi connectivity index (χ1n) is 1.63. The van der Waals surface area contributed by atoms with Crippen LogP contribution in [0.4, 0.5) is 5.82 Å². The molecule has 1 heterocycles. The minimum atomic E-state index is 0.453. The van der Waals surface area contributed by atoms with Crippen molar-refractivity contribution in [2.75, 3.05) is 5.73 Å². The van der Waals surface area contributed by atoms with E-state index in [4.69, 9.17) is 5.73 Å². The van der Waals surface area contributed by atoms with E-state index in [2.05, 4.69) is 10.3 Å². The van der Waals surface area contributed by atoms with Gasteiger partial charge in [-0.15, -0.1) is 5.10 Å². The summed E-state index contributed by atoms with van der Waals surface area (Å²) in [5, 5.41) is 7.04. The minimum Gasteiger partial charge on any atom is -0.381 e. The first kappa shape index (κ1) is 4.82. The maximum Gasteiger partial charge on any atom is 0.166 e. The standard InChI is InChI=1S/C2H3IN4/c3-7-1-2(4)5-6-7/h1H,4H2. The molecule has 0 aliphatic heterocycles. The van der Waals surface area contributed by atoms with Crippen LogP contribution in [-0.2, 0) is 0 Å². The summed E-state index contributed by atoms with van der Waals surface area (Å²) in [6.07, 6.45) is 1.63. The van der Waals surface area contributed by atoms with Gasteiger partial charge in [0.2, 0.25) is 0 Å². The highest BCUT2D eigenvalue weighted by atomic mass is 127. The fourth-order valence-electron chi connectivity index (χ4n) is 0.255. The van der Waals surface area contributed by atoms with Crippen molar-refractivity contribution in [1.29, 1.82) is 0 Å². The SMILES string of the molecule is Nc1cn(I)nn1. The Morgan fingerprint density at radius 1 is 1.86 bits per heavy atom. The summed E-state index contributed by atoms with van der Waals surface area (Å²) in [5.41, 5.74) is 5.18. The Balaban J connectivity index is 3.04. The third-order valence-electron chi connectivity index (χ3n) is 0.484. The third kappa shape index (κ3) is 1.02. The zero-order valence-electron chi connectivity index (χ0n) is 3.37. The molecule has 1 aromatic rings. The summed E-state index contributed by atoms with van der Waals surface area (Å²) in [5.74, 6) is 0.453. The Bertz CT molecular complexity index is 142. The van der Waals surface area contributed by atoms with Crippen molar-refractivity contribution in [3.05, 3.63) is 6.20 Å². The lowest BCUT2D eigenvalue weighted by Gasteiger charge is -1.71. The van der Waals surface area contributed by atoms with Gasteiger partial charge in [0.1, 0.15) is 0 Å². The van der Waals surface area contributed by atoms with E-state index < -0.39 is 0 Å². The molecule has 7 heavy (non-hydrogen) atoms. The van der Waals surface area contributed by atoms with E-state index in [1.807, 2.05) is 22.9 Å². The number of nitrogens with zero attached hydrogens (tertiary/aromatic N) is 3. The van der Waals surface area contributed by atoms with E-state index in [1.54, 1.807) is 6.20 Å². The van der Waals surface area contributed by atoms with Gasteiger partial charge in [0.25, 0.3) is 0 Å². The summed E-state index contributed by atoms with van der Waals surface area (Å²) >= 11 is 1.96. The lowest BCUT2D eigenvalue weighted by molar-refractivity contribution is 0.921. The molecular formula is C2H3IN4. The van der Waals surface area contributed by atoms with Gasteiger partial charge in [0.05, 0.1) is 29.1 Å². The van der Waals surface area contributed by atoms with Gasteiger partial charge in [-0.1, -0.05) is 5.21 Å². The number of hydrogen-bond donors (Lipinski definition) is 1. The number of halogens is 1. The van der Waals surface area contributed by atoms with Crippen molar-refractivity contribution in [3.8, 4) is 0 Å². The van der Waals surface area contributed by atoms with E-state index in [0.717, 1.165) is 0 Å². The van der Waals surface area contributed by atoms with Gasteiger partial charge in [-0.05, 0) is 0 Å². The Morgan fingerprint density at radius 3 is 2.71 bits per heavy atom. The van der Waals surface area contributed by atoms with E-state index in [0.29, 0.717) is 5.82 Å². The molecule has 0 spiro atoms. The second kappa shape index (κ2) is 1.65. The highest BCUT2D eigenvalue weighted by molar-refractivity contribution is 14.1. The molecule has 0 bridgehead atoms. The van der Waals surface area contributed by atoms with Gasteiger partial charge in [-0.3, -0.25) is 0 Å². The number of anilines is 1. The number of aromatic nitrogens is 3. The molecule has 0 aromatic carbocycles. The Kier molecular flexibility index (Phi) is 1.13. The molecule has 0 unspecified atom stereocenters. The maximum atomic E-state index is 5.18. The average Bonchev–Trinajstić information content (AvgIpc) is 1.87. The van der Waals surface area contributed by atoms with Crippen molar-refractivity contribution >= 4 is 28.7 Å². The van der Waals surface area contributed by atoms with E-state index in [9.17, 15) is 0 Å². The van der Waals surface area contributed by atoms with Crippen molar-refractivity contribution in [3.63, 3.8) is 0 Å². The first-order chi connectivity index (χ1) is 3.29. The van der Waals surface area contributed by atoms with Gasteiger partial charge in [-0.25, -0.2) is 0 Å². The minimum absolute atomic E-state index is 0.453. The van der Waals surface area contributed by atoms with Crippen LogP contribution in [0.5, 0.6) is 0 Å². The zero-order valence-corrected chi connectivity index (χ0v) is 5.53. The first-order valence-corrected chi connectivity index (χ1v) is 2.59. The van der Waals surface area contributed by atoms with Crippen molar-refractivity contribution in [1.82, 2.24) is 13.2 Å². The average molecular weight is 210 g/mol. The maximum absolute atomic E-state index is 5.18. The second-order valence-corrected chi connectivity index (χ2v) is 2.02. The lowest BCUT2D eigenvalue weighted by atomic mass is 10.8. The molecule has 38 valence electrons. The largest absolute Gasteiger partial charge is 0.381 e. The van der Waals surface area contributed by atoms with Gasteiger partial charge < -0.3 is 5.73 Å². The molecule has 4 nitrogen and oxygen atoms in total. The monoisotopic (exact) mass is 210 g/mol. The van der Waals surface area contributed by atoms with Crippen LogP contribution in [0.15, 0.2) is 6.20 Å². The molecular weight excluding hydrogens is 207 g/mol. The highest BCUT2D eigenvalue weighted by Crippen LogP contribution is 1.94. The fourth-order valence-corrected chi connectivity index (χ4v) is 0.637. The molecule has 0 amide bonds. The predicted octanol–water partition coefficient (Wildman–Crippen LogP) is 0.0584. The van der Waals surface area contributed by atoms with E-state index in [1.165, 1.54) is 2.90 Å². The fraction of sp³-hybridized carbons (Fsp3) is 0. The normalized spacial score (nSPS) is 9.29. The van der Waals surface area contributed by atoms with Crippen LogP contribution in [0.25, 0.3) is 0 Å². The molecule has 0 fully saturated rings. The number of hydrogen-bond acceptors (Lipinski definition) is 3. The van der Waals surface area contributed by atoms with Crippen LogP contribution < -0.4 is 5.73 Å². The van der Waals surface area contributed by atoms with Crippen molar-refractivity contribution in [2.24, 2.45) is 0 Å². The van der Waals surface area contributed by atoms with E-state index in [-0.39, 0.29) is 0 Å². The van der Waals surface area contributed by atoms with Crippen LogP contribution >= 0.6 is 22.9 Å². The molecule has 0 aliphatic carbocycles. The summed E-state index contributed by atoms with van der Waals surface area (Å²) < 4.78 is 1.52. The lowest BCUT2D eigenvalue weighted by Crippen LogP contribution is -1.81. The molecule has 1 rings (SSSR count). The summed E-state index contributed by atoms with van der Waals surface area (Å²) in [7, 11) is 0. The van der Waals surface area contributed by atoms with Gasteiger partial charge in [0, 0.05) is 0 Å². The summed E-state index contributed by atoms with van der Waals surface area (Å²) in [4.78, 5) is 0. The number of nitrogen functional groups attached to an aromatic ring is 1. The molecule has 0 radical (unpaired) electrons. The molecule has 0 atom stereocenters. The van der Waals surface area contributed by atoms with Crippen LogP contribution in [0.3, 0.4) is 0 Å². The molecule has 2 N–H and O–H groups in total. The van der Waals surface area contributed by atoms with Crippen molar-refractivity contribution in [2.45, 2.75) is 0 Å². The topological polar surface area (TPSA) is 56.7 Å². The second-order valence-electron chi connectivity index (χ2n) is 1.03. The predicted molar refractivity (Wildman–Crippen MR) is 33.9 cm³/mol. The Labute approximate surface area is 54.2 Å². The van der Waals surface area contributed by atoms with Crippen LogP contribution in [0.1, 0.15) is 0 Å². The van der Waals surface area contributed by atoms with Gasteiger partial charge in [-0.2, -0.15) is 2.90 Å². The molecule has 1 aromatic heterocycles. The van der Waals surface area contributed by atoms with Crippen LogP contribution in [0, 0.1) is 0 Å². The Morgan fingerprint density at radius 2 is 2.57 bits per heavy atom. The quantitative estimate of drug-likeness (QED) is 0.616. The van der Waals surface area contributed by atoms with E-state index >= 15 is 0 Å². The number of rotatable bonds is 0. The van der Waals surface area contributed by atoms with Crippen LogP contribution in [0.2, 0.25) is 0 Å². The number of nitrogens with two attached hydrogens (primary N) is 1. The molecule has 0 saturated carbocycles. The third-order valence-corrected chi connectivity index (χ3v) is 0.956. The van der Waals surface area contributed by atoms with Crippen LogP contribution in [-0.4, -0.2) is 13.2 Å². The molecule has 0 aliphatic rings.